The largest absolute Gasteiger partial charge is 0.393 e. The van der Waals surface area contributed by atoms with E-state index in [1.54, 1.807) is 24.3 Å². The molecule has 4 N–H and O–H groups in total. The Balaban J connectivity index is 1.80. The predicted molar refractivity (Wildman–Crippen MR) is 107 cm³/mol. The SMILES string of the molecule is CC(O)(CO)c1ccc2c(NC(=O)CNc3ccc(F)cc3)c(Cl)ccc2n1. The van der Waals surface area contributed by atoms with Crippen molar-refractivity contribution in [3.05, 3.63) is 65.1 Å². The number of aromatic nitrogens is 1. The number of fused-ring (bicyclic) bond motifs is 1. The molecule has 6 nitrogen and oxygen atoms in total. The zero-order valence-corrected chi connectivity index (χ0v) is 15.8. The first-order chi connectivity index (χ1) is 13.3. The molecule has 1 atom stereocenters. The number of halogens is 2. The Bertz CT molecular complexity index is 1010. The molecule has 0 saturated carbocycles. The standard InChI is InChI=1S/C20H19ClFN3O3/c1-20(28,11-26)17-9-6-14-16(24-17)8-7-15(21)19(14)25-18(27)10-23-13-4-2-12(22)3-5-13/h2-9,23,26,28H,10-11H2,1H3,(H,25,27). The van der Waals surface area contributed by atoms with Crippen LogP contribution in [0.25, 0.3) is 10.9 Å². The molecule has 0 bridgehead atoms. The number of nitrogens with one attached hydrogen (secondary N) is 2. The highest BCUT2D eigenvalue weighted by molar-refractivity contribution is 6.35. The molecule has 28 heavy (non-hydrogen) atoms. The van der Waals surface area contributed by atoms with Crippen molar-refractivity contribution in [1.82, 2.24) is 4.98 Å². The van der Waals surface area contributed by atoms with Gasteiger partial charge in [0.05, 0.1) is 35.1 Å². The van der Waals surface area contributed by atoms with Crippen LogP contribution < -0.4 is 10.6 Å². The summed E-state index contributed by atoms with van der Waals surface area (Å²) in [6.45, 7) is 0.946. The fourth-order valence-corrected chi connectivity index (χ4v) is 2.83. The van der Waals surface area contributed by atoms with Crippen LogP contribution in [0.5, 0.6) is 0 Å². The van der Waals surface area contributed by atoms with E-state index in [2.05, 4.69) is 15.6 Å². The van der Waals surface area contributed by atoms with Crippen LogP contribution in [0.3, 0.4) is 0 Å². The zero-order valence-electron chi connectivity index (χ0n) is 15.0. The molecule has 0 radical (unpaired) electrons. The van der Waals surface area contributed by atoms with E-state index >= 15 is 0 Å². The molecule has 0 aliphatic rings. The third-order valence-corrected chi connectivity index (χ3v) is 4.56. The van der Waals surface area contributed by atoms with Crippen LogP contribution in [0.2, 0.25) is 5.02 Å². The van der Waals surface area contributed by atoms with Crippen molar-refractivity contribution >= 4 is 39.8 Å². The topological polar surface area (TPSA) is 94.5 Å². The number of carbonyl (C=O) groups is 1. The van der Waals surface area contributed by atoms with Gasteiger partial charge in [-0.3, -0.25) is 4.79 Å². The second kappa shape index (κ2) is 8.10. The van der Waals surface area contributed by atoms with Gasteiger partial charge < -0.3 is 20.8 Å². The minimum atomic E-state index is -1.48. The molecule has 8 heteroatoms. The van der Waals surface area contributed by atoms with Crippen LogP contribution in [-0.2, 0) is 10.4 Å². The van der Waals surface area contributed by atoms with Crippen LogP contribution in [0, 0.1) is 5.82 Å². The fourth-order valence-electron chi connectivity index (χ4n) is 2.62. The number of pyridine rings is 1. The van der Waals surface area contributed by atoms with E-state index in [1.807, 2.05) is 0 Å². The first kappa shape index (κ1) is 20.0. The highest BCUT2D eigenvalue weighted by Crippen LogP contribution is 2.32. The molecule has 1 amide bonds. The average molecular weight is 404 g/mol. The van der Waals surface area contributed by atoms with Gasteiger partial charge in [0, 0.05) is 11.1 Å². The normalized spacial score (nSPS) is 13.2. The summed E-state index contributed by atoms with van der Waals surface area (Å²) in [4.78, 5) is 16.7. The van der Waals surface area contributed by atoms with Gasteiger partial charge >= 0.3 is 0 Å². The van der Waals surface area contributed by atoms with Gasteiger partial charge in [-0.15, -0.1) is 0 Å². The van der Waals surface area contributed by atoms with Crippen molar-refractivity contribution in [2.75, 3.05) is 23.8 Å². The van der Waals surface area contributed by atoms with Gasteiger partial charge in [0.1, 0.15) is 11.4 Å². The van der Waals surface area contributed by atoms with Crippen molar-refractivity contribution in [2.45, 2.75) is 12.5 Å². The van der Waals surface area contributed by atoms with Crippen molar-refractivity contribution in [2.24, 2.45) is 0 Å². The number of carbonyl (C=O) groups excluding carboxylic acids is 1. The van der Waals surface area contributed by atoms with Gasteiger partial charge in [-0.25, -0.2) is 9.37 Å². The Morgan fingerprint density at radius 1 is 1.18 bits per heavy atom. The molecular weight excluding hydrogens is 385 g/mol. The highest BCUT2D eigenvalue weighted by atomic mass is 35.5. The minimum absolute atomic E-state index is 0.0386. The van der Waals surface area contributed by atoms with Crippen molar-refractivity contribution in [3.63, 3.8) is 0 Å². The minimum Gasteiger partial charge on any atom is -0.393 e. The molecule has 0 saturated heterocycles. The fraction of sp³-hybridized carbons (Fsp3) is 0.200. The van der Waals surface area contributed by atoms with E-state index in [0.29, 0.717) is 33.0 Å². The van der Waals surface area contributed by atoms with E-state index in [-0.39, 0.29) is 18.3 Å². The van der Waals surface area contributed by atoms with E-state index in [9.17, 15) is 19.4 Å². The zero-order chi connectivity index (χ0) is 20.3. The predicted octanol–water partition coefficient (Wildman–Crippen LogP) is 3.28. The molecule has 0 spiro atoms. The smallest absolute Gasteiger partial charge is 0.243 e. The summed E-state index contributed by atoms with van der Waals surface area (Å²) in [6, 6.07) is 12.2. The number of anilines is 2. The van der Waals surface area contributed by atoms with Gasteiger partial charge in [0.2, 0.25) is 5.91 Å². The van der Waals surface area contributed by atoms with E-state index in [4.69, 9.17) is 11.6 Å². The first-order valence-electron chi connectivity index (χ1n) is 8.52. The number of rotatable bonds is 6. The molecule has 1 heterocycles. The van der Waals surface area contributed by atoms with E-state index in [1.165, 1.54) is 31.2 Å². The Morgan fingerprint density at radius 3 is 2.57 bits per heavy atom. The molecule has 3 aromatic rings. The number of amides is 1. The molecule has 1 aromatic heterocycles. The quantitative estimate of drug-likeness (QED) is 0.506. The van der Waals surface area contributed by atoms with Crippen LogP contribution in [0.1, 0.15) is 12.6 Å². The van der Waals surface area contributed by atoms with Crippen LogP contribution >= 0.6 is 11.6 Å². The summed E-state index contributed by atoms with van der Waals surface area (Å²) < 4.78 is 12.9. The lowest BCUT2D eigenvalue weighted by molar-refractivity contribution is -0.114. The number of aliphatic hydroxyl groups is 2. The molecule has 0 fully saturated rings. The summed E-state index contributed by atoms with van der Waals surface area (Å²) in [6.07, 6.45) is 0. The first-order valence-corrected chi connectivity index (χ1v) is 8.90. The Kier molecular flexibility index (Phi) is 5.79. The van der Waals surface area contributed by atoms with Gasteiger partial charge in [-0.1, -0.05) is 11.6 Å². The Morgan fingerprint density at radius 2 is 1.89 bits per heavy atom. The van der Waals surface area contributed by atoms with Crippen LogP contribution in [0.4, 0.5) is 15.8 Å². The molecule has 1 unspecified atom stereocenters. The second-order valence-electron chi connectivity index (χ2n) is 6.53. The molecule has 146 valence electrons. The lowest BCUT2D eigenvalue weighted by Gasteiger charge is -2.20. The number of hydrogen-bond acceptors (Lipinski definition) is 5. The van der Waals surface area contributed by atoms with Crippen molar-refractivity contribution < 1.29 is 19.4 Å². The highest BCUT2D eigenvalue weighted by Gasteiger charge is 2.24. The van der Waals surface area contributed by atoms with Crippen LogP contribution in [-0.4, -0.2) is 34.3 Å². The maximum absolute atomic E-state index is 12.9. The van der Waals surface area contributed by atoms with Crippen LogP contribution in [0.15, 0.2) is 48.5 Å². The van der Waals surface area contributed by atoms with Gasteiger partial charge in [-0.05, 0) is 55.5 Å². The molecule has 0 aliphatic heterocycles. The monoisotopic (exact) mass is 403 g/mol. The number of nitrogens with zero attached hydrogens (tertiary/aromatic N) is 1. The second-order valence-corrected chi connectivity index (χ2v) is 6.93. The van der Waals surface area contributed by atoms with Crippen molar-refractivity contribution in [3.8, 4) is 0 Å². The molecule has 0 aliphatic carbocycles. The van der Waals surface area contributed by atoms with E-state index < -0.39 is 12.2 Å². The van der Waals surface area contributed by atoms with E-state index in [0.717, 1.165) is 0 Å². The number of aliphatic hydroxyl groups excluding tert-OH is 1. The third kappa shape index (κ3) is 4.39. The summed E-state index contributed by atoms with van der Waals surface area (Å²) >= 11 is 6.24. The average Bonchev–Trinajstić information content (AvgIpc) is 2.69. The third-order valence-electron chi connectivity index (χ3n) is 4.24. The maximum Gasteiger partial charge on any atom is 0.243 e. The van der Waals surface area contributed by atoms with Gasteiger partial charge in [0.25, 0.3) is 0 Å². The summed E-state index contributed by atoms with van der Waals surface area (Å²) in [5, 5.41) is 26.1. The molecule has 3 rings (SSSR count). The molecule has 2 aromatic carbocycles. The number of benzene rings is 2. The van der Waals surface area contributed by atoms with Gasteiger partial charge in [-0.2, -0.15) is 0 Å². The van der Waals surface area contributed by atoms with Gasteiger partial charge in [0.15, 0.2) is 0 Å². The Labute approximate surface area is 166 Å². The lowest BCUT2D eigenvalue weighted by Crippen LogP contribution is -2.27. The lowest BCUT2D eigenvalue weighted by atomic mass is 10.0. The molecular formula is C20H19ClFN3O3. The maximum atomic E-state index is 12.9. The Hall–Kier alpha value is -2.74. The van der Waals surface area contributed by atoms with Crippen molar-refractivity contribution in [1.29, 1.82) is 0 Å². The number of hydrogen-bond donors (Lipinski definition) is 4. The summed E-state index contributed by atoms with van der Waals surface area (Å²) in [7, 11) is 0. The summed E-state index contributed by atoms with van der Waals surface area (Å²) in [5.41, 5.74) is 0.347. The summed E-state index contributed by atoms with van der Waals surface area (Å²) in [5.74, 6) is -0.699.